The number of halogens is 3. The largest absolute Gasteiger partial charge is 0.467 e. The highest BCUT2D eigenvalue weighted by Gasteiger charge is 2.31. The van der Waals surface area contributed by atoms with Crippen molar-refractivity contribution >= 4 is 22.9 Å². The molecular formula is C24H26F3N5O2. The molecule has 1 N–H and O–H groups in total. The Hall–Kier alpha value is -3.56. The van der Waals surface area contributed by atoms with Crippen molar-refractivity contribution in [1.82, 2.24) is 19.3 Å². The Kier molecular flexibility index (Phi) is 6.24. The van der Waals surface area contributed by atoms with E-state index < -0.39 is 11.7 Å². The van der Waals surface area contributed by atoms with Gasteiger partial charge in [-0.3, -0.25) is 14.8 Å². The molecule has 0 aliphatic heterocycles. The summed E-state index contributed by atoms with van der Waals surface area (Å²) in [4.78, 5) is 17.3. The van der Waals surface area contributed by atoms with E-state index in [0.29, 0.717) is 17.2 Å². The van der Waals surface area contributed by atoms with Gasteiger partial charge >= 0.3 is 6.18 Å². The average molecular weight is 473 g/mol. The van der Waals surface area contributed by atoms with Crippen molar-refractivity contribution < 1.29 is 22.4 Å². The Morgan fingerprint density at radius 1 is 1.21 bits per heavy atom. The lowest BCUT2D eigenvalue weighted by Gasteiger charge is -2.10. The molecular weight excluding hydrogens is 447 g/mol. The number of aromatic nitrogens is 4. The molecule has 0 saturated heterocycles. The molecule has 0 aliphatic rings. The van der Waals surface area contributed by atoms with Crippen LogP contribution in [0.2, 0.25) is 0 Å². The summed E-state index contributed by atoms with van der Waals surface area (Å²) in [5.41, 5.74) is 2.30. The van der Waals surface area contributed by atoms with Crippen LogP contribution in [-0.4, -0.2) is 25.2 Å². The van der Waals surface area contributed by atoms with E-state index in [0.717, 1.165) is 35.6 Å². The van der Waals surface area contributed by atoms with Crippen molar-refractivity contribution in [1.29, 1.82) is 0 Å². The van der Waals surface area contributed by atoms with E-state index in [1.807, 2.05) is 18.5 Å². The molecule has 1 aromatic carbocycles. The van der Waals surface area contributed by atoms with Crippen molar-refractivity contribution in [3.05, 3.63) is 64.9 Å². The van der Waals surface area contributed by atoms with E-state index in [-0.39, 0.29) is 30.3 Å². The maximum absolute atomic E-state index is 13.2. The number of alkyl halides is 3. The minimum absolute atomic E-state index is 0.0769. The number of rotatable bonds is 7. The Morgan fingerprint density at radius 2 is 1.97 bits per heavy atom. The van der Waals surface area contributed by atoms with Crippen LogP contribution in [0.3, 0.4) is 0 Å². The SMILES string of the molecule is Cc1nn(CC(C)C)c(C)c1CC(=O)Nc1nc2cc(C(F)(F)F)ccc2n1Cc1ccco1. The second-order valence-corrected chi connectivity index (χ2v) is 8.75. The summed E-state index contributed by atoms with van der Waals surface area (Å²) in [6.45, 7) is 8.92. The average Bonchev–Trinajstić information content (AvgIpc) is 3.43. The molecule has 0 saturated carbocycles. The van der Waals surface area contributed by atoms with Gasteiger partial charge in [0.1, 0.15) is 5.76 Å². The fraction of sp³-hybridized carbons (Fsp3) is 0.375. The van der Waals surface area contributed by atoms with Crippen LogP contribution in [0.15, 0.2) is 41.0 Å². The number of carbonyl (C=O) groups excluding carboxylic acids is 1. The third-order valence-corrected chi connectivity index (χ3v) is 5.63. The summed E-state index contributed by atoms with van der Waals surface area (Å²) in [5, 5.41) is 7.32. The van der Waals surface area contributed by atoms with Crippen molar-refractivity contribution in [2.45, 2.75) is 53.4 Å². The van der Waals surface area contributed by atoms with E-state index in [4.69, 9.17) is 4.42 Å². The van der Waals surface area contributed by atoms with Gasteiger partial charge in [-0.2, -0.15) is 18.3 Å². The summed E-state index contributed by atoms with van der Waals surface area (Å²) in [5.74, 6) is 0.807. The number of carbonyl (C=O) groups is 1. The number of nitrogens with one attached hydrogen (secondary N) is 1. The second kappa shape index (κ2) is 9.00. The highest BCUT2D eigenvalue weighted by molar-refractivity contribution is 5.93. The van der Waals surface area contributed by atoms with Crippen LogP contribution in [0.5, 0.6) is 0 Å². The Morgan fingerprint density at radius 3 is 2.62 bits per heavy atom. The number of anilines is 1. The predicted octanol–water partition coefficient (Wildman–Crippen LogP) is 5.35. The predicted molar refractivity (Wildman–Crippen MR) is 121 cm³/mol. The summed E-state index contributed by atoms with van der Waals surface area (Å²) in [6, 6.07) is 6.80. The quantitative estimate of drug-likeness (QED) is 0.393. The first-order valence-electron chi connectivity index (χ1n) is 11.0. The first-order chi connectivity index (χ1) is 16.0. The molecule has 180 valence electrons. The topological polar surface area (TPSA) is 77.9 Å². The molecule has 4 rings (SSSR count). The highest BCUT2D eigenvalue weighted by Crippen LogP contribution is 2.32. The van der Waals surface area contributed by atoms with Gasteiger partial charge in [0.15, 0.2) is 0 Å². The lowest BCUT2D eigenvalue weighted by molar-refractivity contribution is -0.137. The molecule has 0 bridgehead atoms. The number of benzene rings is 1. The van der Waals surface area contributed by atoms with Crippen LogP contribution < -0.4 is 5.32 Å². The normalized spacial score (nSPS) is 12.1. The summed E-state index contributed by atoms with van der Waals surface area (Å²) < 4.78 is 48.6. The Balaban J connectivity index is 1.65. The molecule has 4 aromatic rings. The van der Waals surface area contributed by atoms with Gasteiger partial charge in [-0.05, 0) is 50.1 Å². The summed E-state index contributed by atoms with van der Waals surface area (Å²) in [7, 11) is 0. The molecule has 7 nitrogen and oxygen atoms in total. The van der Waals surface area contributed by atoms with Crippen molar-refractivity contribution in [3.8, 4) is 0 Å². The molecule has 3 aromatic heterocycles. The number of fused-ring (bicyclic) bond motifs is 1. The summed E-state index contributed by atoms with van der Waals surface area (Å²) >= 11 is 0. The smallest absolute Gasteiger partial charge is 0.416 e. The van der Waals surface area contributed by atoms with Crippen LogP contribution in [-0.2, 0) is 30.5 Å². The van der Waals surface area contributed by atoms with Gasteiger partial charge in [0.25, 0.3) is 0 Å². The van der Waals surface area contributed by atoms with E-state index in [9.17, 15) is 18.0 Å². The standard InChI is InChI=1S/C24H26F3N5O2/c1-14(2)12-32-16(4)19(15(3)30-32)11-22(33)29-23-28-20-10-17(24(25,26)27)7-8-21(20)31(23)13-18-6-5-9-34-18/h5-10,14H,11-13H2,1-4H3,(H,28,29,33). The first kappa shape index (κ1) is 23.6. The number of nitrogens with zero attached hydrogens (tertiary/aromatic N) is 4. The van der Waals surface area contributed by atoms with Crippen LogP contribution in [0.25, 0.3) is 11.0 Å². The third kappa shape index (κ3) is 4.85. The minimum Gasteiger partial charge on any atom is -0.467 e. The van der Waals surface area contributed by atoms with Gasteiger partial charge < -0.3 is 8.98 Å². The minimum atomic E-state index is -4.49. The van der Waals surface area contributed by atoms with Gasteiger partial charge in [-0.1, -0.05) is 13.8 Å². The second-order valence-electron chi connectivity index (χ2n) is 8.75. The van der Waals surface area contributed by atoms with E-state index in [1.54, 1.807) is 16.7 Å². The molecule has 10 heteroatoms. The lowest BCUT2D eigenvalue weighted by Crippen LogP contribution is -2.19. The maximum atomic E-state index is 13.2. The van der Waals surface area contributed by atoms with E-state index in [1.165, 1.54) is 12.3 Å². The molecule has 0 unspecified atom stereocenters. The molecule has 34 heavy (non-hydrogen) atoms. The number of hydrogen-bond donors (Lipinski definition) is 1. The van der Waals surface area contributed by atoms with Crippen molar-refractivity contribution in [3.63, 3.8) is 0 Å². The maximum Gasteiger partial charge on any atom is 0.416 e. The fourth-order valence-corrected chi connectivity index (χ4v) is 3.96. The Bertz CT molecular complexity index is 1320. The molecule has 0 spiro atoms. The van der Waals surface area contributed by atoms with Crippen LogP contribution in [0.4, 0.5) is 19.1 Å². The zero-order valence-electron chi connectivity index (χ0n) is 19.4. The number of furan rings is 1. The van der Waals surface area contributed by atoms with Gasteiger partial charge in [-0.15, -0.1) is 0 Å². The summed E-state index contributed by atoms with van der Waals surface area (Å²) in [6.07, 6.45) is -2.91. The molecule has 0 radical (unpaired) electrons. The number of aryl methyl sites for hydroxylation is 1. The zero-order chi connectivity index (χ0) is 24.6. The molecule has 0 fully saturated rings. The zero-order valence-corrected chi connectivity index (χ0v) is 19.4. The van der Waals surface area contributed by atoms with Crippen molar-refractivity contribution in [2.24, 2.45) is 5.92 Å². The van der Waals surface area contributed by atoms with Crippen LogP contribution in [0, 0.1) is 19.8 Å². The van der Waals surface area contributed by atoms with E-state index in [2.05, 4.69) is 29.2 Å². The van der Waals surface area contributed by atoms with Gasteiger partial charge in [0.2, 0.25) is 11.9 Å². The number of imidazole rings is 1. The number of hydrogen-bond acceptors (Lipinski definition) is 4. The highest BCUT2D eigenvalue weighted by atomic mass is 19.4. The fourth-order valence-electron chi connectivity index (χ4n) is 3.96. The van der Waals surface area contributed by atoms with Crippen LogP contribution in [0.1, 0.15) is 42.1 Å². The number of amides is 1. The van der Waals surface area contributed by atoms with E-state index >= 15 is 0 Å². The molecule has 1 amide bonds. The van der Waals surface area contributed by atoms with Gasteiger partial charge in [0, 0.05) is 17.8 Å². The first-order valence-corrected chi connectivity index (χ1v) is 11.0. The van der Waals surface area contributed by atoms with Crippen molar-refractivity contribution in [2.75, 3.05) is 5.32 Å². The monoisotopic (exact) mass is 473 g/mol. The van der Waals surface area contributed by atoms with Crippen LogP contribution >= 0.6 is 0 Å². The van der Waals surface area contributed by atoms with Gasteiger partial charge in [0.05, 0.1) is 41.5 Å². The van der Waals surface area contributed by atoms with Gasteiger partial charge in [-0.25, -0.2) is 4.98 Å². The molecule has 0 atom stereocenters. The molecule has 3 heterocycles. The Labute approximate surface area is 194 Å². The lowest BCUT2D eigenvalue weighted by atomic mass is 10.1. The third-order valence-electron chi connectivity index (χ3n) is 5.63. The molecule has 0 aliphatic carbocycles.